The van der Waals surface area contributed by atoms with Crippen LogP contribution in [0.3, 0.4) is 0 Å². The summed E-state index contributed by atoms with van der Waals surface area (Å²) in [6.45, 7) is 1.20. The van der Waals surface area contributed by atoms with Gasteiger partial charge in [0.15, 0.2) is 11.6 Å². The summed E-state index contributed by atoms with van der Waals surface area (Å²) in [6, 6.07) is 3.94. The van der Waals surface area contributed by atoms with E-state index >= 15 is 0 Å². The Kier molecular flexibility index (Phi) is 6.84. The van der Waals surface area contributed by atoms with Gasteiger partial charge >= 0.3 is 0 Å². The maximum atomic E-state index is 13.2. The van der Waals surface area contributed by atoms with E-state index in [1.54, 1.807) is 0 Å². The summed E-state index contributed by atoms with van der Waals surface area (Å²) in [5.41, 5.74) is 0.342. The highest BCUT2D eigenvalue weighted by molar-refractivity contribution is 5.94. The van der Waals surface area contributed by atoms with E-state index < -0.39 is 5.82 Å². The van der Waals surface area contributed by atoms with Crippen LogP contribution >= 0.6 is 0 Å². The average Bonchev–Trinajstić information content (AvgIpc) is 2.43. The van der Waals surface area contributed by atoms with Crippen LogP contribution in [-0.2, 0) is 4.74 Å². The number of carbonyl (C=O) groups excluding carboxylic acids is 1. The first-order valence-corrected chi connectivity index (χ1v) is 5.99. The molecule has 0 unspecified atom stereocenters. The van der Waals surface area contributed by atoms with E-state index in [1.807, 2.05) is 0 Å². The first-order chi connectivity index (χ1) is 9.19. The Morgan fingerprint density at radius 1 is 1.42 bits per heavy atom. The first kappa shape index (κ1) is 15.4. The molecule has 0 atom stereocenters. The minimum atomic E-state index is -0.503. The van der Waals surface area contributed by atoms with Crippen LogP contribution < -0.4 is 10.1 Å². The van der Waals surface area contributed by atoms with E-state index in [9.17, 15) is 9.18 Å². The number of aliphatic hydroxyl groups is 1. The second-order valence-electron chi connectivity index (χ2n) is 3.79. The van der Waals surface area contributed by atoms with Crippen molar-refractivity contribution >= 4 is 5.91 Å². The number of carbonyl (C=O) groups is 1. The van der Waals surface area contributed by atoms with Gasteiger partial charge in [0, 0.05) is 18.7 Å². The lowest BCUT2D eigenvalue weighted by Gasteiger charge is -2.07. The number of rotatable bonds is 8. The van der Waals surface area contributed by atoms with Crippen LogP contribution in [0.15, 0.2) is 18.2 Å². The third-order valence-corrected chi connectivity index (χ3v) is 2.40. The molecule has 1 amide bonds. The fraction of sp³-hybridized carbons (Fsp3) is 0.462. The number of hydrogen-bond acceptors (Lipinski definition) is 4. The molecule has 19 heavy (non-hydrogen) atoms. The van der Waals surface area contributed by atoms with Crippen molar-refractivity contribution in [2.24, 2.45) is 0 Å². The SMILES string of the molecule is COc1cc(C(=O)NCCCOCCO)ccc1F. The van der Waals surface area contributed by atoms with Crippen molar-refractivity contribution in [1.82, 2.24) is 5.32 Å². The number of methoxy groups -OCH3 is 1. The van der Waals surface area contributed by atoms with Crippen molar-refractivity contribution in [2.75, 3.05) is 33.5 Å². The minimum Gasteiger partial charge on any atom is -0.494 e. The second-order valence-corrected chi connectivity index (χ2v) is 3.79. The Balaban J connectivity index is 2.37. The molecular formula is C13H18FNO4. The molecule has 0 aromatic heterocycles. The average molecular weight is 271 g/mol. The molecule has 0 spiro atoms. The molecule has 6 heteroatoms. The molecule has 5 nitrogen and oxygen atoms in total. The number of ether oxygens (including phenoxy) is 2. The summed E-state index contributed by atoms with van der Waals surface area (Å²) in [5.74, 6) is -0.754. The highest BCUT2D eigenvalue weighted by Gasteiger charge is 2.09. The summed E-state index contributed by atoms with van der Waals surface area (Å²) in [6.07, 6.45) is 0.643. The van der Waals surface area contributed by atoms with Gasteiger partial charge in [0.1, 0.15) is 0 Å². The van der Waals surface area contributed by atoms with Crippen LogP contribution in [0.25, 0.3) is 0 Å². The second kappa shape index (κ2) is 8.44. The smallest absolute Gasteiger partial charge is 0.251 e. The Morgan fingerprint density at radius 2 is 2.21 bits per heavy atom. The molecule has 0 saturated carbocycles. The first-order valence-electron chi connectivity index (χ1n) is 5.99. The Labute approximate surface area is 111 Å². The number of nitrogens with one attached hydrogen (secondary N) is 1. The Bertz CT molecular complexity index is 412. The fourth-order valence-corrected chi connectivity index (χ4v) is 1.45. The van der Waals surface area contributed by atoms with E-state index in [2.05, 4.69) is 5.32 Å². The van der Waals surface area contributed by atoms with Crippen molar-refractivity contribution in [3.8, 4) is 5.75 Å². The lowest BCUT2D eigenvalue weighted by molar-refractivity contribution is 0.0867. The quantitative estimate of drug-likeness (QED) is 0.691. The van der Waals surface area contributed by atoms with Gasteiger partial charge in [0.25, 0.3) is 5.91 Å². The van der Waals surface area contributed by atoms with Gasteiger partial charge in [-0.1, -0.05) is 0 Å². The monoisotopic (exact) mass is 271 g/mol. The lowest BCUT2D eigenvalue weighted by atomic mass is 10.2. The molecule has 0 heterocycles. The Morgan fingerprint density at radius 3 is 2.89 bits per heavy atom. The molecule has 0 saturated heterocycles. The van der Waals surface area contributed by atoms with Crippen molar-refractivity contribution in [3.63, 3.8) is 0 Å². The van der Waals surface area contributed by atoms with E-state index in [4.69, 9.17) is 14.6 Å². The van der Waals surface area contributed by atoms with Gasteiger partial charge in [-0.15, -0.1) is 0 Å². The standard InChI is InChI=1S/C13H18FNO4/c1-18-12-9-10(3-4-11(12)14)13(17)15-5-2-7-19-8-6-16/h3-4,9,16H,2,5-8H2,1H3,(H,15,17). The molecule has 0 radical (unpaired) electrons. The third-order valence-electron chi connectivity index (χ3n) is 2.40. The molecule has 0 aliphatic carbocycles. The summed E-state index contributed by atoms with van der Waals surface area (Å²) in [4.78, 5) is 11.7. The number of amides is 1. The number of hydrogen-bond donors (Lipinski definition) is 2. The number of aliphatic hydroxyl groups excluding tert-OH is 1. The van der Waals surface area contributed by atoms with Gasteiger partial charge < -0.3 is 19.9 Å². The number of benzene rings is 1. The lowest BCUT2D eigenvalue weighted by Crippen LogP contribution is -2.25. The van der Waals surface area contributed by atoms with E-state index in [-0.39, 0.29) is 18.3 Å². The van der Waals surface area contributed by atoms with Crippen LogP contribution in [0.4, 0.5) is 4.39 Å². The van der Waals surface area contributed by atoms with E-state index in [0.29, 0.717) is 31.7 Å². The molecule has 2 N–H and O–H groups in total. The maximum Gasteiger partial charge on any atom is 0.251 e. The summed E-state index contributed by atoms with van der Waals surface area (Å²) >= 11 is 0. The van der Waals surface area contributed by atoms with Crippen LogP contribution in [-0.4, -0.2) is 44.5 Å². The van der Waals surface area contributed by atoms with Gasteiger partial charge in [-0.05, 0) is 24.6 Å². The van der Waals surface area contributed by atoms with Crippen molar-refractivity contribution < 1.29 is 23.8 Å². The fourth-order valence-electron chi connectivity index (χ4n) is 1.45. The van der Waals surface area contributed by atoms with Crippen molar-refractivity contribution in [3.05, 3.63) is 29.6 Å². The van der Waals surface area contributed by atoms with Gasteiger partial charge in [0.2, 0.25) is 0 Å². The van der Waals surface area contributed by atoms with Gasteiger partial charge in [0.05, 0.1) is 20.3 Å². The van der Waals surface area contributed by atoms with Crippen LogP contribution in [0.5, 0.6) is 5.75 Å². The zero-order chi connectivity index (χ0) is 14.1. The van der Waals surface area contributed by atoms with Gasteiger partial charge in [-0.3, -0.25) is 4.79 Å². The molecule has 0 aliphatic rings. The largest absolute Gasteiger partial charge is 0.494 e. The van der Waals surface area contributed by atoms with Crippen molar-refractivity contribution in [2.45, 2.75) is 6.42 Å². The number of halogens is 1. The van der Waals surface area contributed by atoms with Crippen LogP contribution in [0, 0.1) is 5.82 Å². The minimum absolute atomic E-state index is 0.0122. The van der Waals surface area contributed by atoms with Crippen LogP contribution in [0.1, 0.15) is 16.8 Å². The molecule has 0 fully saturated rings. The molecule has 1 aromatic rings. The molecule has 0 bridgehead atoms. The predicted octanol–water partition coefficient (Wildman–Crippen LogP) is 0.963. The van der Waals surface area contributed by atoms with Gasteiger partial charge in [-0.25, -0.2) is 4.39 Å². The maximum absolute atomic E-state index is 13.2. The van der Waals surface area contributed by atoms with E-state index in [1.165, 1.54) is 25.3 Å². The highest BCUT2D eigenvalue weighted by atomic mass is 19.1. The predicted molar refractivity (Wildman–Crippen MR) is 67.8 cm³/mol. The molecule has 0 aliphatic heterocycles. The van der Waals surface area contributed by atoms with Crippen molar-refractivity contribution in [1.29, 1.82) is 0 Å². The molecule has 1 aromatic carbocycles. The molecule has 106 valence electrons. The van der Waals surface area contributed by atoms with Gasteiger partial charge in [-0.2, -0.15) is 0 Å². The Hall–Kier alpha value is -1.66. The summed E-state index contributed by atoms with van der Waals surface area (Å²) < 4.78 is 23.0. The molecule has 1 rings (SSSR count). The summed E-state index contributed by atoms with van der Waals surface area (Å²) in [5, 5.41) is 11.2. The molecular weight excluding hydrogens is 253 g/mol. The highest BCUT2D eigenvalue weighted by Crippen LogP contribution is 2.17. The van der Waals surface area contributed by atoms with E-state index in [0.717, 1.165) is 0 Å². The zero-order valence-corrected chi connectivity index (χ0v) is 10.8. The van der Waals surface area contributed by atoms with Crippen LogP contribution in [0.2, 0.25) is 0 Å². The normalized spacial score (nSPS) is 10.3. The summed E-state index contributed by atoms with van der Waals surface area (Å²) in [7, 11) is 1.35. The zero-order valence-electron chi connectivity index (χ0n) is 10.8. The third kappa shape index (κ3) is 5.23. The topological polar surface area (TPSA) is 67.8 Å².